The van der Waals surface area contributed by atoms with Crippen molar-refractivity contribution in [1.29, 1.82) is 0 Å². The minimum Gasteiger partial charge on any atom is -0.484 e. The molecule has 1 aromatic heterocycles. The van der Waals surface area contributed by atoms with Crippen LogP contribution in [0.5, 0.6) is 5.75 Å². The van der Waals surface area contributed by atoms with Crippen molar-refractivity contribution >= 4 is 11.8 Å². The Labute approximate surface area is 139 Å². The Hall–Kier alpha value is -2.41. The van der Waals surface area contributed by atoms with Crippen molar-refractivity contribution in [3.05, 3.63) is 41.8 Å². The molecular formula is C17H19FN4O2. The number of ether oxygens (including phenoxy) is 2. The summed E-state index contributed by atoms with van der Waals surface area (Å²) in [6.45, 7) is 2.72. The molecule has 2 aliphatic rings. The lowest BCUT2D eigenvalue weighted by Gasteiger charge is -2.40. The molecule has 2 fully saturated rings. The van der Waals surface area contributed by atoms with E-state index >= 15 is 0 Å². The van der Waals surface area contributed by atoms with E-state index in [1.165, 1.54) is 6.07 Å². The van der Waals surface area contributed by atoms with Gasteiger partial charge in [-0.05, 0) is 18.6 Å². The van der Waals surface area contributed by atoms with Crippen LogP contribution in [0.4, 0.5) is 16.2 Å². The van der Waals surface area contributed by atoms with E-state index in [4.69, 9.17) is 15.2 Å². The first-order valence-electron chi connectivity index (χ1n) is 8.07. The predicted octanol–water partition coefficient (Wildman–Crippen LogP) is 1.97. The molecule has 1 aromatic carbocycles. The lowest BCUT2D eigenvalue weighted by molar-refractivity contribution is 0.160. The molecule has 0 amide bonds. The van der Waals surface area contributed by atoms with Gasteiger partial charge in [0.1, 0.15) is 11.9 Å². The van der Waals surface area contributed by atoms with Gasteiger partial charge >= 0.3 is 0 Å². The molecule has 24 heavy (non-hydrogen) atoms. The van der Waals surface area contributed by atoms with Crippen LogP contribution in [0.2, 0.25) is 0 Å². The Balaban J connectivity index is 1.42. The number of hydrogen-bond donors (Lipinski definition) is 1. The highest BCUT2D eigenvalue weighted by Gasteiger charge is 2.31. The fourth-order valence-electron chi connectivity index (χ4n) is 3.03. The summed E-state index contributed by atoms with van der Waals surface area (Å²) in [5, 5.41) is 0. The standard InChI is InChI=1S/C17H19FN4O2/c18-13-3-1-2-4-15(13)24-12-8-22(9-12)16-7-14(20-17(19)21-16)11-5-6-23-10-11/h1-4,7,11-12H,5-6,8-10H2,(H2,19,20,21)/t11-/m0/s1. The number of halogens is 1. The van der Waals surface area contributed by atoms with Gasteiger partial charge in [-0.15, -0.1) is 0 Å². The van der Waals surface area contributed by atoms with Crippen LogP contribution >= 0.6 is 0 Å². The number of nitrogens with zero attached hydrogens (tertiary/aromatic N) is 3. The van der Waals surface area contributed by atoms with Crippen LogP contribution < -0.4 is 15.4 Å². The van der Waals surface area contributed by atoms with Gasteiger partial charge in [0.25, 0.3) is 0 Å². The number of nitrogens with two attached hydrogens (primary N) is 1. The summed E-state index contributed by atoms with van der Waals surface area (Å²) >= 11 is 0. The average Bonchev–Trinajstić information content (AvgIpc) is 3.06. The Kier molecular flexibility index (Phi) is 3.93. The fourth-order valence-corrected chi connectivity index (χ4v) is 3.03. The lowest BCUT2D eigenvalue weighted by atomic mass is 10.0. The first kappa shape index (κ1) is 15.1. The first-order chi connectivity index (χ1) is 11.7. The molecule has 0 saturated carbocycles. The third-order valence-electron chi connectivity index (χ3n) is 4.40. The fraction of sp³-hybridized carbons (Fsp3) is 0.412. The molecule has 2 N–H and O–H groups in total. The minimum atomic E-state index is -0.342. The number of hydrogen-bond acceptors (Lipinski definition) is 6. The summed E-state index contributed by atoms with van der Waals surface area (Å²) in [6.07, 6.45) is 0.894. The highest BCUT2D eigenvalue weighted by atomic mass is 19.1. The second kappa shape index (κ2) is 6.24. The van der Waals surface area contributed by atoms with E-state index in [-0.39, 0.29) is 29.5 Å². The summed E-state index contributed by atoms with van der Waals surface area (Å²) < 4.78 is 24.7. The third kappa shape index (κ3) is 2.99. The zero-order valence-corrected chi connectivity index (χ0v) is 13.2. The molecule has 6 nitrogen and oxygen atoms in total. The van der Waals surface area contributed by atoms with Crippen molar-refractivity contribution in [3.8, 4) is 5.75 Å². The van der Waals surface area contributed by atoms with E-state index in [9.17, 15) is 4.39 Å². The number of rotatable bonds is 4. The highest BCUT2D eigenvalue weighted by Crippen LogP contribution is 2.29. The summed E-state index contributed by atoms with van der Waals surface area (Å²) in [6, 6.07) is 8.41. The third-order valence-corrected chi connectivity index (χ3v) is 4.40. The number of anilines is 2. The second-order valence-electron chi connectivity index (χ2n) is 6.14. The Bertz CT molecular complexity index is 730. The van der Waals surface area contributed by atoms with Gasteiger partial charge in [0.2, 0.25) is 5.95 Å². The molecule has 7 heteroatoms. The van der Waals surface area contributed by atoms with Gasteiger partial charge in [-0.2, -0.15) is 4.98 Å². The molecule has 2 aromatic rings. The van der Waals surface area contributed by atoms with Crippen LogP contribution in [-0.4, -0.2) is 42.4 Å². The van der Waals surface area contributed by atoms with Crippen LogP contribution in [0.1, 0.15) is 18.0 Å². The van der Waals surface area contributed by atoms with Crippen molar-refractivity contribution in [1.82, 2.24) is 9.97 Å². The number of benzene rings is 1. The predicted molar refractivity (Wildman–Crippen MR) is 87.7 cm³/mol. The molecular weight excluding hydrogens is 311 g/mol. The molecule has 0 radical (unpaired) electrons. The molecule has 1 atom stereocenters. The average molecular weight is 330 g/mol. The first-order valence-corrected chi connectivity index (χ1v) is 8.07. The zero-order valence-electron chi connectivity index (χ0n) is 13.2. The van der Waals surface area contributed by atoms with Crippen LogP contribution in [0.3, 0.4) is 0 Å². The molecule has 0 aliphatic carbocycles. The molecule has 2 aliphatic heterocycles. The van der Waals surface area contributed by atoms with Crippen molar-refractivity contribution < 1.29 is 13.9 Å². The number of nitrogen functional groups attached to an aromatic ring is 1. The normalized spacial score (nSPS) is 20.9. The van der Waals surface area contributed by atoms with Gasteiger partial charge in [-0.1, -0.05) is 12.1 Å². The largest absolute Gasteiger partial charge is 0.484 e. The van der Waals surface area contributed by atoms with Gasteiger partial charge in [0.15, 0.2) is 11.6 Å². The van der Waals surface area contributed by atoms with Crippen molar-refractivity contribution in [3.63, 3.8) is 0 Å². The van der Waals surface area contributed by atoms with Crippen molar-refractivity contribution in [2.24, 2.45) is 0 Å². The number of aromatic nitrogens is 2. The van der Waals surface area contributed by atoms with Crippen molar-refractivity contribution in [2.45, 2.75) is 18.4 Å². The summed E-state index contributed by atoms with van der Waals surface area (Å²) in [5.41, 5.74) is 6.78. The molecule has 2 saturated heterocycles. The smallest absolute Gasteiger partial charge is 0.222 e. The van der Waals surface area contributed by atoms with Crippen LogP contribution in [0.15, 0.2) is 30.3 Å². The molecule has 0 bridgehead atoms. The van der Waals surface area contributed by atoms with E-state index < -0.39 is 0 Å². The SMILES string of the molecule is Nc1nc([C@H]2CCOC2)cc(N2CC(Oc3ccccc3F)C2)n1. The summed E-state index contributed by atoms with van der Waals surface area (Å²) in [7, 11) is 0. The molecule has 0 spiro atoms. The summed E-state index contributed by atoms with van der Waals surface area (Å²) in [5.74, 6) is 1.28. The molecule has 3 heterocycles. The van der Waals surface area contributed by atoms with E-state index in [0.29, 0.717) is 19.7 Å². The molecule has 126 valence electrons. The molecule has 4 rings (SSSR count). The topological polar surface area (TPSA) is 73.5 Å². The van der Waals surface area contributed by atoms with E-state index in [1.54, 1.807) is 18.2 Å². The number of para-hydroxylation sites is 1. The monoisotopic (exact) mass is 330 g/mol. The van der Waals surface area contributed by atoms with Gasteiger partial charge in [-0.25, -0.2) is 9.37 Å². The summed E-state index contributed by atoms with van der Waals surface area (Å²) in [4.78, 5) is 10.7. The van der Waals surface area contributed by atoms with Gasteiger partial charge in [-0.3, -0.25) is 0 Å². The van der Waals surface area contributed by atoms with Gasteiger partial charge in [0.05, 0.1) is 25.4 Å². The van der Waals surface area contributed by atoms with E-state index in [0.717, 1.165) is 24.5 Å². The van der Waals surface area contributed by atoms with Crippen LogP contribution in [-0.2, 0) is 4.74 Å². The maximum atomic E-state index is 13.6. The molecule has 0 unspecified atom stereocenters. The minimum absolute atomic E-state index is 0.0589. The van der Waals surface area contributed by atoms with Gasteiger partial charge in [0, 0.05) is 18.6 Å². The van der Waals surface area contributed by atoms with Crippen molar-refractivity contribution in [2.75, 3.05) is 36.9 Å². The lowest BCUT2D eigenvalue weighted by Crippen LogP contribution is -2.54. The second-order valence-corrected chi connectivity index (χ2v) is 6.14. The van der Waals surface area contributed by atoms with E-state index in [2.05, 4.69) is 14.9 Å². The Morgan fingerprint density at radius 3 is 2.83 bits per heavy atom. The highest BCUT2D eigenvalue weighted by molar-refractivity contribution is 5.47. The van der Waals surface area contributed by atoms with Crippen LogP contribution in [0, 0.1) is 5.82 Å². The quantitative estimate of drug-likeness (QED) is 0.924. The van der Waals surface area contributed by atoms with Crippen LogP contribution in [0.25, 0.3) is 0 Å². The Morgan fingerprint density at radius 1 is 1.25 bits per heavy atom. The Morgan fingerprint density at radius 2 is 2.08 bits per heavy atom. The maximum Gasteiger partial charge on any atom is 0.222 e. The van der Waals surface area contributed by atoms with E-state index in [1.807, 2.05) is 6.07 Å². The van der Waals surface area contributed by atoms with Gasteiger partial charge < -0.3 is 20.1 Å². The maximum absolute atomic E-state index is 13.6. The zero-order chi connectivity index (χ0) is 16.5.